The average molecular weight is 508 g/mol. The Morgan fingerprint density at radius 3 is 2.62 bits per heavy atom. The van der Waals surface area contributed by atoms with Crippen LogP contribution >= 0.6 is 23.2 Å². The second-order valence-electron chi connectivity index (χ2n) is 7.29. The predicted molar refractivity (Wildman–Crippen MR) is 130 cm³/mol. The van der Waals surface area contributed by atoms with Crippen LogP contribution in [0, 0.1) is 5.82 Å². The average Bonchev–Trinajstić information content (AvgIpc) is 2.83. The Labute approximate surface area is 206 Å². The number of nitrogen functional groups attached to an aromatic ring is 1. The molecular formula is C24H24Cl2FN3O4. The summed E-state index contributed by atoms with van der Waals surface area (Å²) in [4.78, 5) is 16.4. The highest BCUT2D eigenvalue weighted by Gasteiger charge is 2.20. The number of pyridine rings is 1. The molecule has 1 aromatic heterocycles. The van der Waals surface area contributed by atoms with E-state index >= 15 is 0 Å². The minimum absolute atomic E-state index is 0.0621. The van der Waals surface area contributed by atoms with E-state index in [1.807, 2.05) is 0 Å². The number of carbonyl (C=O) groups is 1. The number of anilines is 1. The van der Waals surface area contributed by atoms with Crippen molar-refractivity contribution in [2.45, 2.75) is 13.0 Å². The van der Waals surface area contributed by atoms with Crippen molar-refractivity contribution >= 4 is 34.9 Å². The number of carbonyl (C=O) groups excluding carboxylic acids is 1. The molecule has 1 unspecified atom stereocenters. The van der Waals surface area contributed by atoms with Gasteiger partial charge in [0.25, 0.3) is 5.91 Å². The highest BCUT2D eigenvalue weighted by molar-refractivity contribution is 6.36. The van der Waals surface area contributed by atoms with E-state index in [1.165, 1.54) is 12.1 Å². The maximum Gasteiger partial charge on any atom is 0.251 e. The lowest BCUT2D eigenvalue weighted by Gasteiger charge is -2.19. The number of ether oxygens (including phenoxy) is 2. The Kier molecular flexibility index (Phi) is 9.06. The van der Waals surface area contributed by atoms with E-state index < -0.39 is 11.9 Å². The largest absolute Gasteiger partial charge is 0.482 e. The molecule has 1 amide bonds. The van der Waals surface area contributed by atoms with Crippen LogP contribution in [0.2, 0.25) is 10.0 Å². The quantitative estimate of drug-likeness (QED) is 0.272. The summed E-state index contributed by atoms with van der Waals surface area (Å²) in [5, 5.41) is 11.6. The van der Waals surface area contributed by atoms with Crippen molar-refractivity contribution in [1.82, 2.24) is 10.3 Å². The van der Waals surface area contributed by atoms with Crippen LogP contribution in [0.3, 0.4) is 0 Å². The van der Waals surface area contributed by atoms with Crippen LogP contribution in [-0.2, 0) is 4.74 Å². The lowest BCUT2D eigenvalue weighted by atomic mass is 10.0. The van der Waals surface area contributed by atoms with Crippen molar-refractivity contribution in [3.8, 4) is 16.9 Å². The first-order chi connectivity index (χ1) is 16.3. The number of rotatable bonds is 10. The van der Waals surface area contributed by atoms with E-state index in [4.69, 9.17) is 43.5 Å². The summed E-state index contributed by atoms with van der Waals surface area (Å²) in [7, 11) is 0. The molecule has 180 valence electrons. The molecule has 10 heteroatoms. The molecule has 0 spiro atoms. The van der Waals surface area contributed by atoms with E-state index in [9.17, 15) is 9.18 Å². The highest BCUT2D eigenvalue weighted by Crippen LogP contribution is 2.37. The van der Waals surface area contributed by atoms with E-state index in [-0.39, 0.29) is 40.7 Å². The van der Waals surface area contributed by atoms with Crippen molar-refractivity contribution in [3.05, 3.63) is 75.7 Å². The summed E-state index contributed by atoms with van der Waals surface area (Å²) >= 11 is 12.3. The number of nitrogens with zero attached hydrogens (tertiary/aromatic N) is 1. The summed E-state index contributed by atoms with van der Waals surface area (Å²) in [6, 6.07) is 11.2. The van der Waals surface area contributed by atoms with Crippen LogP contribution in [0.4, 0.5) is 10.2 Å². The Balaban J connectivity index is 1.72. The van der Waals surface area contributed by atoms with Gasteiger partial charge in [-0.05, 0) is 42.8 Å². The molecule has 1 atom stereocenters. The monoisotopic (exact) mass is 507 g/mol. The summed E-state index contributed by atoms with van der Waals surface area (Å²) in [6.45, 7) is 2.50. The second-order valence-corrected chi connectivity index (χ2v) is 8.08. The number of halogens is 3. The Bertz CT molecular complexity index is 1150. The number of hydrogen-bond acceptors (Lipinski definition) is 6. The molecule has 0 aliphatic carbocycles. The van der Waals surface area contributed by atoms with Crippen LogP contribution in [0.5, 0.6) is 5.75 Å². The lowest BCUT2D eigenvalue weighted by Crippen LogP contribution is -2.27. The first-order valence-corrected chi connectivity index (χ1v) is 11.2. The number of aliphatic hydroxyl groups excluding tert-OH is 1. The van der Waals surface area contributed by atoms with Crippen LogP contribution < -0.4 is 15.8 Å². The van der Waals surface area contributed by atoms with Crippen molar-refractivity contribution in [2.75, 3.05) is 32.1 Å². The van der Waals surface area contributed by atoms with E-state index in [0.717, 1.165) is 5.56 Å². The van der Waals surface area contributed by atoms with Gasteiger partial charge in [-0.15, -0.1) is 0 Å². The topological polar surface area (TPSA) is 107 Å². The number of aliphatic hydroxyl groups is 1. The van der Waals surface area contributed by atoms with Gasteiger partial charge < -0.3 is 25.6 Å². The summed E-state index contributed by atoms with van der Waals surface area (Å²) in [6.07, 6.45) is 0.894. The zero-order valence-electron chi connectivity index (χ0n) is 18.4. The van der Waals surface area contributed by atoms with Crippen LogP contribution in [0.1, 0.15) is 28.9 Å². The van der Waals surface area contributed by atoms with Gasteiger partial charge in [-0.1, -0.05) is 35.3 Å². The fourth-order valence-corrected chi connectivity index (χ4v) is 3.87. The van der Waals surface area contributed by atoms with Gasteiger partial charge in [0.1, 0.15) is 11.9 Å². The number of hydrogen-bond donors (Lipinski definition) is 3. The molecular weight excluding hydrogens is 484 g/mol. The molecule has 0 saturated heterocycles. The smallest absolute Gasteiger partial charge is 0.251 e. The third-order valence-corrected chi connectivity index (χ3v) is 5.63. The Morgan fingerprint density at radius 2 is 1.91 bits per heavy atom. The zero-order valence-corrected chi connectivity index (χ0v) is 19.9. The molecule has 0 aliphatic rings. The van der Waals surface area contributed by atoms with Gasteiger partial charge in [0.15, 0.2) is 11.6 Å². The molecule has 0 bridgehead atoms. The molecule has 7 nitrogen and oxygen atoms in total. The summed E-state index contributed by atoms with van der Waals surface area (Å²) in [5.74, 6) is -0.404. The SMILES string of the molecule is CC(Oc1cc(-c2ccc(C(=O)NCCOCCO)cc2)cnc1N)c1c(Cl)ccc(F)c1Cl. The maximum absolute atomic E-state index is 13.9. The highest BCUT2D eigenvalue weighted by atomic mass is 35.5. The normalized spacial score (nSPS) is 11.8. The van der Waals surface area contributed by atoms with Gasteiger partial charge in [-0.3, -0.25) is 4.79 Å². The van der Waals surface area contributed by atoms with Gasteiger partial charge in [-0.25, -0.2) is 9.37 Å². The zero-order chi connectivity index (χ0) is 24.7. The minimum Gasteiger partial charge on any atom is -0.482 e. The number of aromatic nitrogens is 1. The van der Waals surface area contributed by atoms with E-state index in [1.54, 1.807) is 43.5 Å². The molecule has 2 aromatic carbocycles. The van der Waals surface area contributed by atoms with Crippen LogP contribution in [-0.4, -0.2) is 42.4 Å². The number of nitrogens with two attached hydrogens (primary N) is 1. The van der Waals surface area contributed by atoms with Crippen LogP contribution in [0.25, 0.3) is 11.1 Å². The molecule has 0 aliphatic heterocycles. The van der Waals surface area contributed by atoms with Crippen LogP contribution in [0.15, 0.2) is 48.7 Å². The molecule has 0 radical (unpaired) electrons. The van der Waals surface area contributed by atoms with Crippen molar-refractivity contribution < 1.29 is 23.8 Å². The predicted octanol–water partition coefficient (Wildman–Crippen LogP) is 4.66. The maximum atomic E-state index is 13.9. The standard InChI is InChI=1S/C24H24Cl2FN3O4/c1-14(21-18(25)6-7-19(27)22(21)26)34-20-12-17(13-30-23(20)28)15-2-4-16(5-3-15)24(32)29-8-10-33-11-9-31/h2-7,12-14,31H,8-11H2,1H3,(H2,28,30)(H,29,32). The molecule has 4 N–H and O–H groups in total. The first-order valence-electron chi connectivity index (χ1n) is 10.4. The Morgan fingerprint density at radius 1 is 1.18 bits per heavy atom. The van der Waals surface area contributed by atoms with Gasteiger partial charge in [0, 0.05) is 34.5 Å². The molecule has 34 heavy (non-hydrogen) atoms. The van der Waals surface area contributed by atoms with Gasteiger partial charge in [0.05, 0.1) is 24.8 Å². The van der Waals surface area contributed by atoms with E-state index in [0.29, 0.717) is 29.8 Å². The molecule has 3 rings (SSSR count). The van der Waals surface area contributed by atoms with Gasteiger partial charge in [-0.2, -0.15) is 0 Å². The molecule has 1 heterocycles. The van der Waals surface area contributed by atoms with Gasteiger partial charge >= 0.3 is 0 Å². The fourth-order valence-electron chi connectivity index (χ4n) is 3.19. The first kappa shape index (κ1) is 25.7. The van der Waals surface area contributed by atoms with Crippen molar-refractivity contribution in [3.63, 3.8) is 0 Å². The van der Waals surface area contributed by atoms with Crippen molar-refractivity contribution in [1.29, 1.82) is 0 Å². The summed E-state index contributed by atoms with van der Waals surface area (Å²) in [5.41, 5.74) is 8.27. The van der Waals surface area contributed by atoms with Crippen molar-refractivity contribution in [2.24, 2.45) is 0 Å². The molecule has 3 aromatic rings. The fraction of sp³-hybridized carbons (Fsp3) is 0.250. The number of nitrogens with one attached hydrogen (secondary N) is 1. The third-order valence-electron chi connectivity index (χ3n) is 4.92. The third kappa shape index (κ3) is 6.36. The number of amides is 1. The van der Waals surface area contributed by atoms with E-state index in [2.05, 4.69) is 10.3 Å². The molecule has 0 fully saturated rings. The minimum atomic E-state index is -0.692. The summed E-state index contributed by atoms with van der Waals surface area (Å²) < 4.78 is 24.9. The number of benzene rings is 2. The van der Waals surface area contributed by atoms with Gasteiger partial charge in [0.2, 0.25) is 0 Å². The lowest BCUT2D eigenvalue weighted by molar-refractivity contribution is 0.0838. The Hall–Kier alpha value is -2.91. The molecule has 0 saturated carbocycles. The second kappa shape index (κ2) is 12.0.